The van der Waals surface area contributed by atoms with Crippen LogP contribution in [0.4, 0.5) is 0 Å². The van der Waals surface area contributed by atoms with Crippen LogP contribution in [0.5, 0.6) is 0 Å². The second kappa shape index (κ2) is 5.97. The van der Waals surface area contributed by atoms with Crippen molar-refractivity contribution in [1.29, 1.82) is 0 Å². The summed E-state index contributed by atoms with van der Waals surface area (Å²) >= 11 is 1.57. The molecule has 114 valence electrons. The Bertz CT molecular complexity index is 754. The molecule has 0 aliphatic heterocycles. The summed E-state index contributed by atoms with van der Waals surface area (Å²) in [5.41, 5.74) is 1.14. The van der Waals surface area contributed by atoms with Crippen LogP contribution in [0.2, 0.25) is 0 Å². The molecule has 3 nitrogen and oxygen atoms in total. The molecule has 0 radical (unpaired) electrons. The van der Waals surface area contributed by atoms with Crippen LogP contribution in [0.1, 0.15) is 35.1 Å². The Morgan fingerprint density at radius 1 is 1.23 bits per heavy atom. The van der Waals surface area contributed by atoms with Gasteiger partial charge in [-0.15, -0.1) is 11.3 Å². The summed E-state index contributed by atoms with van der Waals surface area (Å²) in [5, 5.41) is 1.15. The second-order valence-corrected chi connectivity index (χ2v) is 6.96. The van der Waals surface area contributed by atoms with Crippen LogP contribution in [-0.4, -0.2) is 22.4 Å². The first-order valence-electron chi connectivity index (χ1n) is 7.45. The van der Waals surface area contributed by atoms with Crippen molar-refractivity contribution in [3.8, 4) is 0 Å². The minimum absolute atomic E-state index is 0.0844. The number of aromatic nitrogens is 1. The van der Waals surface area contributed by atoms with Gasteiger partial charge in [0.1, 0.15) is 0 Å². The third kappa shape index (κ3) is 2.92. The largest absolute Gasteiger partial charge is 0.350 e. The van der Waals surface area contributed by atoms with Crippen molar-refractivity contribution in [1.82, 2.24) is 9.47 Å². The molecular formula is C18H20N2OS. The molecule has 3 rings (SSSR count). The van der Waals surface area contributed by atoms with E-state index in [9.17, 15) is 4.79 Å². The molecule has 0 unspecified atom stereocenters. The fourth-order valence-corrected chi connectivity index (χ4v) is 3.54. The van der Waals surface area contributed by atoms with Crippen molar-refractivity contribution >= 4 is 27.3 Å². The van der Waals surface area contributed by atoms with Crippen LogP contribution in [0, 0.1) is 0 Å². The zero-order chi connectivity index (χ0) is 15.7. The summed E-state index contributed by atoms with van der Waals surface area (Å²) in [4.78, 5) is 15.1. The summed E-state index contributed by atoms with van der Waals surface area (Å²) < 4.78 is 3.36. The molecule has 4 heteroatoms. The fraction of sp³-hybridized carbons (Fsp3) is 0.278. The lowest BCUT2D eigenvalue weighted by molar-refractivity contribution is 0.0790. The van der Waals surface area contributed by atoms with Crippen molar-refractivity contribution in [2.45, 2.75) is 26.4 Å². The molecule has 0 N–H and O–H groups in total. The van der Waals surface area contributed by atoms with Crippen molar-refractivity contribution in [2.75, 3.05) is 7.05 Å². The summed E-state index contributed by atoms with van der Waals surface area (Å²) in [6.45, 7) is 4.94. The average molecular weight is 312 g/mol. The van der Waals surface area contributed by atoms with Crippen molar-refractivity contribution in [3.63, 3.8) is 0 Å². The Balaban J connectivity index is 1.78. The highest BCUT2D eigenvalue weighted by molar-refractivity contribution is 7.20. The van der Waals surface area contributed by atoms with Crippen LogP contribution >= 0.6 is 11.3 Å². The number of rotatable bonds is 4. The number of benzene rings is 1. The molecule has 0 aliphatic rings. The van der Waals surface area contributed by atoms with Gasteiger partial charge in [0, 0.05) is 37.4 Å². The van der Waals surface area contributed by atoms with Gasteiger partial charge in [0.05, 0.1) is 9.58 Å². The van der Waals surface area contributed by atoms with E-state index >= 15 is 0 Å². The first-order chi connectivity index (χ1) is 10.5. The second-order valence-electron chi connectivity index (χ2n) is 5.88. The fourth-order valence-electron chi connectivity index (χ4n) is 2.47. The van der Waals surface area contributed by atoms with E-state index in [1.807, 2.05) is 43.4 Å². The van der Waals surface area contributed by atoms with Gasteiger partial charge in [-0.3, -0.25) is 4.79 Å². The first-order valence-corrected chi connectivity index (χ1v) is 8.26. The van der Waals surface area contributed by atoms with E-state index in [4.69, 9.17) is 0 Å². The Morgan fingerprint density at radius 2 is 1.95 bits per heavy atom. The average Bonchev–Trinajstić information content (AvgIpc) is 3.06. The van der Waals surface area contributed by atoms with E-state index < -0.39 is 0 Å². The SMILES string of the molecule is CC(C)n1cc2cc(C(=O)N(C)Cc3ccccc3)sc2c1. The van der Waals surface area contributed by atoms with Gasteiger partial charge in [-0.25, -0.2) is 0 Å². The van der Waals surface area contributed by atoms with Crippen LogP contribution in [0.15, 0.2) is 48.8 Å². The molecular weight excluding hydrogens is 292 g/mol. The Morgan fingerprint density at radius 3 is 2.59 bits per heavy atom. The number of carbonyl (C=O) groups excluding carboxylic acids is 1. The maximum Gasteiger partial charge on any atom is 0.264 e. The van der Waals surface area contributed by atoms with Gasteiger partial charge in [-0.2, -0.15) is 0 Å². The molecule has 0 saturated heterocycles. The summed E-state index contributed by atoms with van der Waals surface area (Å²) in [5.74, 6) is 0.0844. The molecule has 0 fully saturated rings. The van der Waals surface area contributed by atoms with Crippen LogP contribution in [0.25, 0.3) is 10.1 Å². The van der Waals surface area contributed by atoms with Gasteiger partial charge in [0.25, 0.3) is 5.91 Å². The number of fused-ring (bicyclic) bond motifs is 1. The van der Waals surface area contributed by atoms with E-state index in [0.29, 0.717) is 12.6 Å². The summed E-state index contributed by atoms with van der Waals surface area (Å²) in [6.07, 6.45) is 4.24. The van der Waals surface area contributed by atoms with E-state index in [-0.39, 0.29) is 5.91 Å². The summed E-state index contributed by atoms with van der Waals surface area (Å²) in [6, 6.07) is 12.5. The lowest BCUT2D eigenvalue weighted by Gasteiger charge is -2.16. The van der Waals surface area contributed by atoms with E-state index in [1.165, 1.54) is 4.70 Å². The predicted molar refractivity (Wildman–Crippen MR) is 92.4 cm³/mol. The minimum atomic E-state index is 0.0844. The number of hydrogen-bond donors (Lipinski definition) is 0. The number of nitrogens with zero attached hydrogens (tertiary/aromatic N) is 2. The standard InChI is InChI=1S/C18H20N2OS/c1-13(2)20-11-15-9-16(22-17(15)12-20)18(21)19(3)10-14-7-5-4-6-8-14/h4-9,11-13H,10H2,1-3H3. The summed E-state index contributed by atoms with van der Waals surface area (Å²) in [7, 11) is 1.86. The third-order valence-corrected chi connectivity index (χ3v) is 4.84. The maximum atomic E-state index is 12.6. The quantitative estimate of drug-likeness (QED) is 0.693. The van der Waals surface area contributed by atoms with Crippen LogP contribution < -0.4 is 0 Å². The van der Waals surface area contributed by atoms with Crippen molar-refractivity contribution in [3.05, 3.63) is 59.2 Å². The molecule has 2 aromatic heterocycles. The number of thiophene rings is 1. The first kappa shape index (κ1) is 14.9. The highest BCUT2D eigenvalue weighted by atomic mass is 32.1. The van der Waals surface area contributed by atoms with E-state index in [1.54, 1.807) is 16.2 Å². The zero-order valence-corrected chi connectivity index (χ0v) is 13.9. The number of carbonyl (C=O) groups is 1. The highest BCUT2D eigenvalue weighted by Crippen LogP contribution is 2.29. The van der Waals surface area contributed by atoms with Crippen molar-refractivity contribution in [2.24, 2.45) is 0 Å². The van der Waals surface area contributed by atoms with E-state index in [2.05, 4.69) is 30.8 Å². The van der Waals surface area contributed by atoms with Gasteiger partial charge in [-0.05, 0) is 25.5 Å². The lowest BCUT2D eigenvalue weighted by Crippen LogP contribution is -2.25. The molecule has 0 saturated carbocycles. The molecule has 0 bridgehead atoms. The van der Waals surface area contributed by atoms with Gasteiger partial charge in [0.15, 0.2) is 0 Å². The van der Waals surface area contributed by atoms with Crippen molar-refractivity contribution < 1.29 is 4.79 Å². The topological polar surface area (TPSA) is 25.2 Å². The predicted octanol–water partition coefficient (Wildman–Crippen LogP) is 4.56. The van der Waals surface area contributed by atoms with Gasteiger partial charge >= 0.3 is 0 Å². The molecule has 1 amide bonds. The Hall–Kier alpha value is -2.07. The molecule has 0 atom stereocenters. The normalized spacial score (nSPS) is 11.3. The molecule has 22 heavy (non-hydrogen) atoms. The number of hydrogen-bond acceptors (Lipinski definition) is 2. The Labute approximate surface area is 134 Å². The van der Waals surface area contributed by atoms with E-state index in [0.717, 1.165) is 15.8 Å². The molecule has 3 aromatic rings. The zero-order valence-electron chi connectivity index (χ0n) is 13.1. The van der Waals surface area contributed by atoms with Gasteiger partial charge < -0.3 is 9.47 Å². The molecule has 0 spiro atoms. The molecule has 2 heterocycles. The van der Waals surface area contributed by atoms with Crippen LogP contribution in [0.3, 0.4) is 0 Å². The van der Waals surface area contributed by atoms with Gasteiger partial charge in [-0.1, -0.05) is 30.3 Å². The monoisotopic (exact) mass is 312 g/mol. The smallest absolute Gasteiger partial charge is 0.264 e. The maximum absolute atomic E-state index is 12.6. The number of amides is 1. The molecule has 1 aromatic carbocycles. The molecule has 0 aliphatic carbocycles. The lowest BCUT2D eigenvalue weighted by atomic mass is 10.2. The highest BCUT2D eigenvalue weighted by Gasteiger charge is 2.16. The minimum Gasteiger partial charge on any atom is -0.350 e. The third-order valence-electron chi connectivity index (χ3n) is 3.76. The van der Waals surface area contributed by atoms with Gasteiger partial charge in [0.2, 0.25) is 0 Å². The van der Waals surface area contributed by atoms with Crippen LogP contribution in [-0.2, 0) is 6.54 Å². The Kier molecular flexibility index (Phi) is 4.03.